The van der Waals surface area contributed by atoms with Crippen molar-refractivity contribution in [3.8, 4) is 5.75 Å². The number of hydrogen-bond donors (Lipinski definition) is 1. The fourth-order valence-corrected chi connectivity index (χ4v) is 2.13. The van der Waals surface area contributed by atoms with E-state index < -0.39 is 0 Å². The Morgan fingerprint density at radius 1 is 1.16 bits per heavy atom. The lowest BCUT2D eigenvalue weighted by atomic mass is 10.2. The minimum Gasteiger partial charge on any atom is -0.872 e. The molecule has 0 saturated heterocycles. The average molecular weight is 359 g/mol. The van der Waals surface area contributed by atoms with Gasteiger partial charge in [-0.15, -0.1) is 0 Å². The Hall–Kier alpha value is -1.23. The van der Waals surface area contributed by atoms with Crippen molar-refractivity contribution in [2.75, 3.05) is 5.73 Å². The lowest BCUT2D eigenvalue weighted by Crippen LogP contribution is -1.95. The Morgan fingerprint density at radius 3 is 2.58 bits per heavy atom. The monoisotopic (exact) mass is 357 g/mol. The predicted octanol–water partition coefficient (Wildman–Crippen LogP) is 4.16. The number of benzene rings is 2. The highest BCUT2D eigenvalue weighted by Gasteiger charge is 2.03. The number of halogens is 3. The predicted molar refractivity (Wildman–Crippen MR) is 81.7 cm³/mol. The first-order valence-corrected chi connectivity index (χ1v) is 6.77. The molecule has 3 nitrogen and oxygen atoms in total. The van der Waals surface area contributed by atoms with Gasteiger partial charge >= 0.3 is 0 Å². The van der Waals surface area contributed by atoms with Crippen LogP contribution >= 0.6 is 39.1 Å². The van der Waals surface area contributed by atoms with Crippen LogP contribution in [-0.4, -0.2) is 6.21 Å². The molecule has 0 heterocycles. The molecular formula is C13H8BrCl2N2O-. The zero-order chi connectivity index (χ0) is 14.0. The van der Waals surface area contributed by atoms with Crippen molar-refractivity contribution in [1.29, 1.82) is 0 Å². The maximum absolute atomic E-state index is 11.6. The van der Waals surface area contributed by atoms with Gasteiger partial charge in [0, 0.05) is 10.7 Å². The second-order valence-electron chi connectivity index (χ2n) is 3.77. The third-order valence-electron chi connectivity index (χ3n) is 2.38. The first-order valence-electron chi connectivity index (χ1n) is 5.22. The van der Waals surface area contributed by atoms with Crippen molar-refractivity contribution < 1.29 is 5.11 Å². The molecular weight excluding hydrogens is 351 g/mol. The van der Waals surface area contributed by atoms with Gasteiger partial charge in [0.15, 0.2) is 0 Å². The molecule has 0 atom stereocenters. The van der Waals surface area contributed by atoms with Gasteiger partial charge in [0.05, 0.1) is 21.4 Å². The van der Waals surface area contributed by atoms with Crippen LogP contribution in [0.3, 0.4) is 0 Å². The molecule has 2 aromatic rings. The van der Waals surface area contributed by atoms with E-state index in [0.717, 1.165) is 4.47 Å². The number of nitrogens with two attached hydrogens (primary N) is 1. The van der Waals surface area contributed by atoms with Crippen LogP contribution in [0.15, 0.2) is 39.8 Å². The molecule has 2 aromatic carbocycles. The second-order valence-corrected chi connectivity index (χ2v) is 5.50. The molecule has 0 saturated carbocycles. The number of anilines is 1. The van der Waals surface area contributed by atoms with Crippen molar-refractivity contribution >= 4 is 56.7 Å². The van der Waals surface area contributed by atoms with Gasteiger partial charge in [0.2, 0.25) is 0 Å². The summed E-state index contributed by atoms with van der Waals surface area (Å²) in [5.74, 6) is -0.120. The summed E-state index contributed by atoms with van der Waals surface area (Å²) in [6.45, 7) is 0. The summed E-state index contributed by atoms with van der Waals surface area (Å²) in [5, 5.41) is 12.3. The molecule has 0 aliphatic rings. The van der Waals surface area contributed by atoms with Crippen molar-refractivity contribution in [2.24, 2.45) is 4.99 Å². The van der Waals surface area contributed by atoms with E-state index >= 15 is 0 Å². The molecule has 0 radical (unpaired) electrons. The van der Waals surface area contributed by atoms with Crippen LogP contribution < -0.4 is 10.8 Å². The third kappa shape index (κ3) is 3.41. The minimum absolute atomic E-state index is 0.120. The molecule has 0 fully saturated rings. The third-order valence-corrected chi connectivity index (χ3v) is 3.60. The van der Waals surface area contributed by atoms with Crippen molar-refractivity contribution in [1.82, 2.24) is 0 Å². The smallest absolute Gasteiger partial charge is 0.0875 e. The first kappa shape index (κ1) is 14.2. The Morgan fingerprint density at radius 2 is 1.84 bits per heavy atom. The van der Waals surface area contributed by atoms with Gasteiger partial charge in [-0.25, -0.2) is 0 Å². The topological polar surface area (TPSA) is 61.4 Å². The molecule has 0 bridgehead atoms. The molecule has 0 aliphatic heterocycles. The maximum atomic E-state index is 11.6. The van der Waals surface area contributed by atoms with Crippen LogP contribution in [0.2, 0.25) is 10.0 Å². The van der Waals surface area contributed by atoms with Gasteiger partial charge in [-0.05, 0) is 29.8 Å². The summed E-state index contributed by atoms with van der Waals surface area (Å²) >= 11 is 15.0. The van der Waals surface area contributed by atoms with E-state index in [-0.39, 0.29) is 5.75 Å². The number of rotatable bonds is 2. The van der Waals surface area contributed by atoms with Crippen molar-refractivity contribution in [3.63, 3.8) is 0 Å². The number of nitrogens with zero attached hydrogens (tertiary/aromatic N) is 1. The highest BCUT2D eigenvalue weighted by atomic mass is 79.9. The van der Waals surface area contributed by atoms with E-state index in [1.807, 2.05) is 0 Å². The van der Waals surface area contributed by atoms with Gasteiger partial charge in [-0.2, -0.15) is 0 Å². The van der Waals surface area contributed by atoms with Crippen LogP contribution in [0.1, 0.15) is 5.56 Å². The fraction of sp³-hybridized carbons (Fsp3) is 0. The van der Waals surface area contributed by atoms with Gasteiger partial charge < -0.3 is 10.8 Å². The minimum atomic E-state index is -0.120. The number of nitrogen functional groups attached to an aromatic ring is 1. The van der Waals surface area contributed by atoms with E-state index in [2.05, 4.69) is 20.9 Å². The Balaban J connectivity index is 2.38. The maximum Gasteiger partial charge on any atom is 0.0875 e. The van der Waals surface area contributed by atoms with Crippen LogP contribution in [0.4, 0.5) is 11.4 Å². The zero-order valence-corrected chi connectivity index (χ0v) is 12.6. The summed E-state index contributed by atoms with van der Waals surface area (Å²) < 4.78 is 0.802. The quantitative estimate of drug-likeness (QED) is 0.647. The first-order chi connectivity index (χ1) is 8.97. The van der Waals surface area contributed by atoms with Gasteiger partial charge in [0.25, 0.3) is 0 Å². The van der Waals surface area contributed by atoms with E-state index in [0.29, 0.717) is 27.0 Å². The molecule has 0 amide bonds. The van der Waals surface area contributed by atoms with E-state index in [4.69, 9.17) is 28.9 Å². The molecule has 6 heteroatoms. The molecule has 98 valence electrons. The van der Waals surface area contributed by atoms with Gasteiger partial charge in [-0.1, -0.05) is 50.9 Å². The highest BCUT2D eigenvalue weighted by molar-refractivity contribution is 9.10. The normalized spacial score (nSPS) is 11.1. The van der Waals surface area contributed by atoms with Gasteiger partial charge in [0.1, 0.15) is 0 Å². The average Bonchev–Trinajstić information content (AvgIpc) is 2.36. The second kappa shape index (κ2) is 5.82. The van der Waals surface area contributed by atoms with Crippen molar-refractivity contribution in [3.05, 3.63) is 50.4 Å². The summed E-state index contributed by atoms with van der Waals surface area (Å²) in [6, 6.07) is 7.89. The molecule has 0 spiro atoms. The van der Waals surface area contributed by atoms with Gasteiger partial charge in [-0.3, -0.25) is 4.99 Å². The van der Waals surface area contributed by atoms with Crippen molar-refractivity contribution in [2.45, 2.75) is 0 Å². The lowest BCUT2D eigenvalue weighted by Gasteiger charge is -2.09. The summed E-state index contributed by atoms with van der Waals surface area (Å²) in [4.78, 5) is 4.17. The van der Waals surface area contributed by atoms with Crippen LogP contribution in [0, 0.1) is 0 Å². The largest absolute Gasteiger partial charge is 0.872 e. The zero-order valence-electron chi connectivity index (χ0n) is 9.53. The van der Waals surface area contributed by atoms with Crippen LogP contribution in [0.25, 0.3) is 0 Å². The standard InChI is InChI=1S/C13H9BrCl2N2O/c14-8-1-2-13(19)7(3-8)6-18-12-5-10(16)9(15)4-11(12)17/h1-6,19H,17H2/p-1. The molecule has 2 N–H and O–H groups in total. The summed E-state index contributed by atoms with van der Waals surface area (Å²) in [6.07, 6.45) is 1.45. The van der Waals surface area contributed by atoms with E-state index in [1.54, 1.807) is 18.2 Å². The SMILES string of the molecule is Nc1cc(Cl)c(Cl)cc1N=Cc1cc(Br)ccc1[O-]. The Bertz CT molecular complexity index is 659. The fourth-order valence-electron chi connectivity index (χ4n) is 1.42. The number of hydrogen-bond acceptors (Lipinski definition) is 3. The molecule has 0 aliphatic carbocycles. The highest BCUT2D eigenvalue weighted by Crippen LogP contribution is 2.32. The van der Waals surface area contributed by atoms with Crippen LogP contribution in [-0.2, 0) is 0 Å². The lowest BCUT2D eigenvalue weighted by molar-refractivity contribution is -0.268. The van der Waals surface area contributed by atoms with E-state index in [9.17, 15) is 5.11 Å². The molecule has 0 aromatic heterocycles. The Labute approximate surface area is 128 Å². The summed E-state index contributed by atoms with van der Waals surface area (Å²) in [5.41, 5.74) is 7.10. The Kier molecular flexibility index (Phi) is 4.34. The molecule has 0 unspecified atom stereocenters. The van der Waals surface area contributed by atoms with E-state index in [1.165, 1.54) is 18.3 Å². The van der Waals surface area contributed by atoms with Crippen LogP contribution in [0.5, 0.6) is 5.75 Å². The molecule has 2 rings (SSSR count). The summed E-state index contributed by atoms with van der Waals surface area (Å²) in [7, 11) is 0. The number of aliphatic imine (C=N–C) groups is 1. The molecule has 19 heavy (non-hydrogen) atoms.